The lowest BCUT2D eigenvalue weighted by molar-refractivity contribution is 0.953. The van der Waals surface area contributed by atoms with Gasteiger partial charge in [0.1, 0.15) is 0 Å². The Bertz CT molecular complexity index is 134. The largest absolute Gasteiger partial charge is 0.290 e. The minimum absolute atomic E-state index is 0.861. The van der Waals surface area contributed by atoms with E-state index < -0.39 is 0 Å². The summed E-state index contributed by atoms with van der Waals surface area (Å²) in [7, 11) is 0. The van der Waals surface area contributed by atoms with Crippen LogP contribution >= 0.6 is 0 Å². The van der Waals surface area contributed by atoms with E-state index in [1.54, 1.807) is 0 Å². The summed E-state index contributed by atoms with van der Waals surface area (Å²) in [4.78, 5) is 4.34. The first kappa shape index (κ1) is 10.4. The van der Waals surface area contributed by atoms with Crippen LogP contribution in [0.2, 0.25) is 0 Å². The van der Waals surface area contributed by atoms with Gasteiger partial charge in [0.25, 0.3) is 0 Å². The van der Waals surface area contributed by atoms with E-state index in [1.807, 2.05) is 0 Å². The molecule has 0 heterocycles. The van der Waals surface area contributed by atoms with E-state index in [0.717, 1.165) is 13.0 Å². The molecule has 0 aliphatic carbocycles. The van der Waals surface area contributed by atoms with Crippen molar-refractivity contribution in [2.24, 2.45) is 4.99 Å². The fraction of sp³-hybridized carbons (Fsp3) is 0.700. The van der Waals surface area contributed by atoms with Crippen LogP contribution in [-0.2, 0) is 0 Å². The third-order valence-electron chi connectivity index (χ3n) is 1.60. The lowest BCUT2D eigenvalue weighted by Gasteiger charge is -1.91. The molecule has 0 bridgehead atoms. The van der Waals surface area contributed by atoms with Gasteiger partial charge in [0, 0.05) is 5.71 Å². The Morgan fingerprint density at radius 3 is 2.55 bits per heavy atom. The molecule has 0 aliphatic heterocycles. The maximum Gasteiger partial charge on any atom is 0.0569 e. The second-order valence-electron chi connectivity index (χ2n) is 2.69. The lowest BCUT2D eigenvalue weighted by Crippen LogP contribution is -1.87. The quantitative estimate of drug-likeness (QED) is 0.425. The van der Waals surface area contributed by atoms with Crippen LogP contribution in [0.15, 0.2) is 17.1 Å². The number of hydrogen-bond donors (Lipinski definition) is 0. The summed E-state index contributed by atoms with van der Waals surface area (Å²) in [6.45, 7) is 7.26. The summed E-state index contributed by atoms with van der Waals surface area (Å²) in [6.07, 6.45) is 7.82. The highest BCUT2D eigenvalue weighted by Gasteiger charge is 1.81. The predicted octanol–water partition coefficient (Wildman–Crippen LogP) is 3.21. The van der Waals surface area contributed by atoms with Gasteiger partial charge in [-0.2, -0.15) is 0 Å². The first-order valence-corrected chi connectivity index (χ1v) is 4.46. The molecule has 1 heteroatoms. The highest BCUT2D eigenvalue weighted by atomic mass is 14.7. The van der Waals surface area contributed by atoms with E-state index in [9.17, 15) is 0 Å². The Morgan fingerprint density at radius 1 is 1.27 bits per heavy atom. The molecule has 11 heavy (non-hydrogen) atoms. The van der Waals surface area contributed by atoms with Crippen molar-refractivity contribution in [3.8, 4) is 0 Å². The first-order chi connectivity index (χ1) is 5.31. The number of allylic oxidation sites excluding steroid dienone is 1. The summed E-state index contributed by atoms with van der Waals surface area (Å²) in [5.41, 5.74) is 1.24. The molecule has 0 saturated carbocycles. The summed E-state index contributed by atoms with van der Waals surface area (Å²) < 4.78 is 0. The zero-order valence-corrected chi connectivity index (χ0v) is 7.93. The fourth-order valence-electron chi connectivity index (χ4n) is 0.679. The van der Waals surface area contributed by atoms with Crippen molar-refractivity contribution < 1.29 is 0 Å². The average molecular weight is 153 g/mol. The van der Waals surface area contributed by atoms with E-state index >= 15 is 0 Å². The molecule has 0 spiro atoms. The first-order valence-electron chi connectivity index (χ1n) is 4.46. The SMILES string of the molecule is CCC/C=C\CN=C(C)CC. The molecule has 1 nitrogen and oxygen atoms in total. The van der Waals surface area contributed by atoms with Gasteiger partial charge in [-0.05, 0) is 19.8 Å². The molecule has 64 valence electrons. The maximum absolute atomic E-state index is 4.34. The van der Waals surface area contributed by atoms with E-state index in [4.69, 9.17) is 0 Å². The molecule has 0 aliphatic rings. The average Bonchev–Trinajstić information content (AvgIpc) is 2.04. The summed E-state index contributed by atoms with van der Waals surface area (Å²) in [6, 6.07) is 0. The van der Waals surface area contributed by atoms with Crippen LogP contribution in [0.4, 0.5) is 0 Å². The Labute approximate surface area is 70.2 Å². The molecule has 0 fully saturated rings. The van der Waals surface area contributed by atoms with Gasteiger partial charge in [-0.3, -0.25) is 4.99 Å². The normalized spacial score (nSPS) is 12.8. The minimum atomic E-state index is 0.861. The number of aliphatic imine (C=N–C) groups is 1. The highest BCUT2D eigenvalue weighted by Crippen LogP contribution is 1.89. The van der Waals surface area contributed by atoms with Gasteiger partial charge in [-0.1, -0.05) is 32.4 Å². The van der Waals surface area contributed by atoms with Crippen LogP contribution in [0, 0.1) is 0 Å². The monoisotopic (exact) mass is 153 g/mol. The van der Waals surface area contributed by atoms with Gasteiger partial charge < -0.3 is 0 Å². The van der Waals surface area contributed by atoms with Crippen molar-refractivity contribution in [2.75, 3.05) is 6.54 Å². The van der Waals surface area contributed by atoms with Crippen molar-refractivity contribution in [1.29, 1.82) is 0 Å². The van der Waals surface area contributed by atoms with Crippen molar-refractivity contribution in [2.45, 2.75) is 40.0 Å². The highest BCUT2D eigenvalue weighted by molar-refractivity contribution is 5.81. The molecule has 0 radical (unpaired) electrons. The van der Waals surface area contributed by atoms with E-state index in [-0.39, 0.29) is 0 Å². The summed E-state index contributed by atoms with van der Waals surface area (Å²) in [5.74, 6) is 0. The van der Waals surface area contributed by atoms with E-state index in [1.165, 1.54) is 18.6 Å². The van der Waals surface area contributed by atoms with Crippen molar-refractivity contribution in [3.63, 3.8) is 0 Å². The maximum atomic E-state index is 4.34. The minimum Gasteiger partial charge on any atom is -0.290 e. The Balaban J connectivity index is 3.39. The molecule has 0 aromatic rings. The number of nitrogens with zero attached hydrogens (tertiary/aromatic N) is 1. The smallest absolute Gasteiger partial charge is 0.0569 e. The van der Waals surface area contributed by atoms with Crippen LogP contribution < -0.4 is 0 Å². The van der Waals surface area contributed by atoms with Crippen molar-refractivity contribution in [3.05, 3.63) is 12.2 Å². The summed E-state index contributed by atoms with van der Waals surface area (Å²) in [5, 5.41) is 0. The lowest BCUT2D eigenvalue weighted by atomic mass is 10.3. The molecular formula is C10H19N. The molecule has 0 N–H and O–H groups in total. The van der Waals surface area contributed by atoms with Crippen molar-refractivity contribution >= 4 is 5.71 Å². The fourth-order valence-corrected chi connectivity index (χ4v) is 0.679. The third-order valence-corrected chi connectivity index (χ3v) is 1.60. The van der Waals surface area contributed by atoms with Crippen molar-refractivity contribution in [1.82, 2.24) is 0 Å². The third kappa shape index (κ3) is 7.31. The Morgan fingerprint density at radius 2 is 2.00 bits per heavy atom. The standard InChI is InChI=1S/C10H19N/c1-4-6-7-8-9-11-10(3)5-2/h7-8H,4-6,9H2,1-3H3/b8-7-,11-10?. The van der Waals surface area contributed by atoms with E-state index in [0.29, 0.717) is 0 Å². The van der Waals surface area contributed by atoms with Crippen LogP contribution in [-0.4, -0.2) is 12.3 Å². The van der Waals surface area contributed by atoms with Gasteiger partial charge in [-0.15, -0.1) is 0 Å². The van der Waals surface area contributed by atoms with Crippen LogP contribution in [0.5, 0.6) is 0 Å². The van der Waals surface area contributed by atoms with E-state index in [2.05, 4.69) is 37.9 Å². The van der Waals surface area contributed by atoms with Gasteiger partial charge in [0.2, 0.25) is 0 Å². The zero-order chi connectivity index (χ0) is 8.53. The Kier molecular flexibility index (Phi) is 7.11. The van der Waals surface area contributed by atoms with Crippen LogP contribution in [0.1, 0.15) is 40.0 Å². The molecular weight excluding hydrogens is 134 g/mol. The molecule has 0 aromatic carbocycles. The summed E-state index contributed by atoms with van der Waals surface area (Å²) >= 11 is 0. The van der Waals surface area contributed by atoms with Crippen LogP contribution in [0.3, 0.4) is 0 Å². The van der Waals surface area contributed by atoms with Gasteiger partial charge >= 0.3 is 0 Å². The van der Waals surface area contributed by atoms with Gasteiger partial charge in [-0.25, -0.2) is 0 Å². The molecule has 0 unspecified atom stereocenters. The molecule has 0 saturated heterocycles. The Hall–Kier alpha value is -0.590. The van der Waals surface area contributed by atoms with Gasteiger partial charge in [0.15, 0.2) is 0 Å². The number of hydrogen-bond acceptors (Lipinski definition) is 1. The number of unbranched alkanes of at least 4 members (excludes halogenated alkanes) is 1. The molecule has 0 rings (SSSR count). The predicted molar refractivity (Wildman–Crippen MR) is 52.3 cm³/mol. The molecule has 0 amide bonds. The number of rotatable bonds is 5. The second-order valence-corrected chi connectivity index (χ2v) is 2.69. The topological polar surface area (TPSA) is 12.4 Å². The second kappa shape index (κ2) is 7.52. The molecule has 0 atom stereocenters. The zero-order valence-electron chi connectivity index (χ0n) is 7.93. The van der Waals surface area contributed by atoms with Crippen LogP contribution in [0.25, 0.3) is 0 Å². The van der Waals surface area contributed by atoms with Gasteiger partial charge in [0.05, 0.1) is 6.54 Å². The molecule has 0 aromatic heterocycles.